The van der Waals surface area contributed by atoms with Crippen LogP contribution in [0.3, 0.4) is 0 Å². The van der Waals surface area contributed by atoms with E-state index in [1.54, 1.807) is 18.2 Å². The van der Waals surface area contributed by atoms with Gasteiger partial charge in [0.2, 0.25) is 0 Å². The Bertz CT molecular complexity index is 799. The number of aryl methyl sites for hydroxylation is 1. The van der Waals surface area contributed by atoms with Gasteiger partial charge in [-0.15, -0.1) is 0 Å². The minimum absolute atomic E-state index is 0.0530. The van der Waals surface area contributed by atoms with E-state index >= 15 is 0 Å². The van der Waals surface area contributed by atoms with E-state index in [1.807, 2.05) is 6.92 Å². The maximum Gasteiger partial charge on any atom is 0.166 e. The van der Waals surface area contributed by atoms with E-state index in [1.165, 1.54) is 12.1 Å². The van der Waals surface area contributed by atoms with Crippen LogP contribution in [0.4, 0.5) is 13.2 Å². The second-order valence-electron chi connectivity index (χ2n) is 7.28. The minimum atomic E-state index is -0.928. The third kappa shape index (κ3) is 4.58. The minimum Gasteiger partial charge on any atom is -0.376 e. The van der Waals surface area contributed by atoms with Crippen LogP contribution in [0.1, 0.15) is 56.8 Å². The van der Waals surface area contributed by atoms with Crippen molar-refractivity contribution in [1.82, 2.24) is 0 Å². The lowest BCUT2D eigenvalue weighted by atomic mass is 9.95. The van der Waals surface area contributed by atoms with E-state index in [9.17, 15) is 13.2 Å². The quantitative estimate of drug-likeness (QED) is 0.545. The molecule has 0 saturated carbocycles. The van der Waals surface area contributed by atoms with Gasteiger partial charge >= 0.3 is 0 Å². The zero-order chi connectivity index (χ0) is 20.1. The van der Waals surface area contributed by atoms with Gasteiger partial charge in [0.15, 0.2) is 11.6 Å². The van der Waals surface area contributed by atoms with Gasteiger partial charge in [-0.3, -0.25) is 0 Å². The number of rotatable bonds is 7. The van der Waals surface area contributed by atoms with Crippen molar-refractivity contribution >= 4 is 0 Å². The Balaban J connectivity index is 1.76. The molecule has 2 atom stereocenters. The van der Waals surface area contributed by atoms with Gasteiger partial charge in [-0.2, -0.15) is 0 Å². The summed E-state index contributed by atoms with van der Waals surface area (Å²) in [6.45, 7) is 5.09. The van der Waals surface area contributed by atoms with Crippen molar-refractivity contribution in [3.8, 4) is 11.1 Å². The lowest BCUT2D eigenvalue weighted by Crippen LogP contribution is -2.28. The Kier molecular flexibility index (Phi) is 7.13. The van der Waals surface area contributed by atoms with Gasteiger partial charge in [0.05, 0.1) is 18.8 Å². The fourth-order valence-corrected chi connectivity index (χ4v) is 3.62. The first-order valence-corrected chi connectivity index (χ1v) is 10.0. The molecule has 0 N–H and O–H groups in total. The molecule has 0 aromatic heterocycles. The van der Waals surface area contributed by atoms with Gasteiger partial charge in [-0.05, 0) is 42.9 Å². The van der Waals surface area contributed by atoms with Crippen LogP contribution in [-0.2, 0) is 15.9 Å². The highest BCUT2D eigenvalue weighted by atomic mass is 19.2. The fourth-order valence-electron chi connectivity index (χ4n) is 3.62. The number of hydrogen-bond donors (Lipinski definition) is 0. The van der Waals surface area contributed by atoms with Gasteiger partial charge in [0.25, 0.3) is 0 Å². The van der Waals surface area contributed by atoms with E-state index < -0.39 is 17.5 Å². The van der Waals surface area contributed by atoms with E-state index in [0.717, 1.165) is 19.3 Å². The molecule has 0 aliphatic carbocycles. The highest BCUT2D eigenvalue weighted by Gasteiger charge is 2.26. The highest BCUT2D eigenvalue weighted by molar-refractivity contribution is 5.65. The third-order valence-electron chi connectivity index (χ3n) is 5.13. The van der Waals surface area contributed by atoms with Crippen molar-refractivity contribution in [2.24, 2.45) is 0 Å². The molecule has 0 radical (unpaired) electrons. The summed E-state index contributed by atoms with van der Waals surface area (Å²) in [5.74, 6) is -2.24. The Morgan fingerprint density at radius 3 is 2.46 bits per heavy atom. The van der Waals surface area contributed by atoms with Gasteiger partial charge < -0.3 is 9.47 Å². The first-order valence-electron chi connectivity index (χ1n) is 10.0. The number of ether oxygens (including phenoxy) is 2. The Morgan fingerprint density at radius 2 is 1.82 bits per heavy atom. The predicted molar refractivity (Wildman–Crippen MR) is 104 cm³/mol. The molecule has 3 rings (SSSR count). The molecule has 0 bridgehead atoms. The molecule has 2 nitrogen and oxygen atoms in total. The summed E-state index contributed by atoms with van der Waals surface area (Å²) in [5, 5.41) is 0. The summed E-state index contributed by atoms with van der Waals surface area (Å²) in [6.07, 6.45) is 3.33. The number of halogens is 3. The van der Waals surface area contributed by atoms with Crippen molar-refractivity contribution < 1.29 is 22.6 Å². The predicted octanol–water partition coefficient (Wildman–Crippen LogP) is 6.37. The molecule has 1 aliphatic rings. The van der Waals surface area contributed by atoms with Crippen LogP contribution >= 0.6 is 0 Å². The smallest absolute Gasteiger partial charge is 0.166 e. The van der Waals surface area contributed by atoms with Gasteiger partial charge in [0, 0.05) is 17.7 Å². The molecule has 1 fully saturated rings. The van der Waals surface area contributed by atoms with E-state index in [-0.39, 0.29) is 17.8 Å². The van der Waals surface area contributed by atoms with Crippen molar-refractivity contribution in [2.75, 3.05) is 13.2 Å². The summed E-state index contributed by atoms with van der Waals surface area (Å²) in [4.78, 5) is 0. The molecule has 2 aromatic rings. The van der Waals surface area contributed by atoms with Crippen molar-refractivity contribution in [2.45, 2.75) is 58.2 Å². The molecule has 2 aromatic carbocycles. The van der Waals surface area contributed by atoms with Crippen LogP contribution in [0.15, 0.2) is 30.3 Å². The van der Waals surface area contributed by atoms with Crippen LogP contribution in [0.2, 0.25) is 0 Å². The summed E-state index contributed by atoms with van der Waals surface area (Å²) < 4.78 is 54.9. The molecule has 1 saturated heterocycles. The second kappa shape index (κ2) is 9.57. The Labute approximate surface area is 164 Å². The van der Waals surface area contributed by atoms with Gasteiger partial charge in [-0.1, -0.05) is 44.5 Å². The lowest BCUT2D eigenvalue weighted by Gasteiger charge is -2.29. The Morgan fingerprint density at radius 1 is 1.00 bits per heavy atom. The van der Waals surface area contributed by atoms with Gasteiger partial charge in [0.1, 0.15) is 5.82 Å². The molecule has 1 heterocycles. The van der Waals surface area contributed by atoms with Crippen molar-refractivity contribution in [3.63, 3.8) is 0 Å². The molecular weight excluding hydrogens is 365 g/mol. The van der Waals surface area contributed by atoms with Crippen LogP contribution in [0.25, 0.3) is 11.1 Å². The molecular formula is C23H27F3O2. The third-order valence-corrected chi connectivity index (χ3v) is 5.13. The summed E-state index contributed by atoms with van der Waals surface area (Å²) in [5.41, 5.74) is 1.18. The van der Waals surface area contributed by atoms with Crippen LogP contribution in [-0.4, -0.2) is 19.3 Å². The summed E-state index contributed by atoms with van der Waals surface area (Å²) in [6, 6.07) is 7.59. The first-order chi connectivity index (χ1) is 13.5. The Hall–Kier alpha value is -1.85. The summed E-state index contributed by atoms with van der Waals surface area (Å²) >= 11 is 0. The number of benzene rings is 2. The maximum atomic E-state index is 14.7. The van der Waals surface area contributed by atoms with Crippen LogP contribution < -0.4 is 0 Å². The molecule has 28 heavy (non-hydrogen) atoms. The number of hydrogen-bond acceptors (Lipinski definition) is 2. The molecule has 0 amide bonds. The average Bonchev–Trinajstić information content (AvgIpc) is 2.70. The molecule has 1 aliphatic heterocycles. The molecule has 0 spiro atoms. The van der Waals surface area contributed by atoms with E-state index in [0.29, 0.717) is 42.7 Å². The van der Waals surface area contributed by atoms with Crippen LogP contribution in [0.5, 0.6) is 0 Å². The van der Waals surface area contributed by atoms with Crippen molar-refractivity contribution in [3.05, 3.63) is 58.9 Å². The van der Waals surface area contributed by atoms with Gasteiger partial charge in [-0.25, -0.2) is 13.2 Å². The standard InChI is InChI=1S/C23H27F3O2/c1-3-5-15-6-9-18(23(26)22(15)25)16-7-10-19(20(24)13-16)21-11-8-17(14-28-21)27-12-4-2/h6-7,9-10,13,17,21H,3-5,8,11-12,14H2,1-2H3. The topological polar surface area (TPSA) is 18.5 Å². The second-order valence-corrected chi connectivity index (χ2v) is 7.28. The summed E-state index contributed by atoms with van der Waals surface area (Å²) in [7, 11) is 0. The first kappa shape index (κ1) is 20.9. The zero-order valence-corrected chi connectivity index (χ0v) is 16.4. The molecule has 5 heteroatoms. The van der Waals surface area contributed by atoms with E-state index in [2.05, 4.69) is 6.92 Å². The largest absolute Gasteiger partial charge is 0.376 e. The maximum absolute atomic E-state index is 14.7. The molecule has 152 valence electrons. The van der Waals surface area contributed by atoms with Crippen LogP contribution in [0, 0.1) is 17.5 Å². The SMILES string of the molecule is CCCOC1CCC(c2ccc(-c3ccc(CCC)c(F)c3F)cc2F)OC1. The average molecular weight is 392 g/mol. The van der Waals surface area contributed by atoms with Crippen molar-refractivity contribution in [1.29, 1.82) is 0 Å². The fraction of sp³-hybridized carbons (Fsp3) is 0.478. The molecule has 2 unspecified atom stereocenters. The highest BCUT2D eigenvalue weighted by Crippen LogP contribution is 2.34. The lowest BCUT2D eigenvalue weighted by molar-refractivity contribution is -0.0874. The normalized spacial score (nSPS) is 19.8. The van der Waals surface area contributed by atoms with E-state index in [4.69, 9.17) is 9.47 Å². The monoisotopic (exact) mass is 392 g/mol. The zero-order valence-electron chi connectivity index (χ0n) is 16.4.